The fourth-order valence-electron chi connectivity index (χ4n) is 2.56. The molecule has 4 nitrogen and oxygen atoms in total. The Balaban J connectivity index is 1.75. The number of amides is 2. The second-order valence-corrected chi connectivity index (χ2v) is 5.49. The minimum atomic E-state index is -0.477. The summed E-state index contributed by atoms with van der Waals surface area (Å²) in [6, 6.07) is 9.93. The van der Waals surface area contributed by atoms with Gasteiger partial charge >= 0.3 is 11.8 Å². The zero-order valence-corrected chi connectivity index (χ0v) is 12.0. The van der Waals surface area contributed by atoms with Gasteiger partial charge in [-0.25, -0.2) is 0 Å². The summed E-state index contributed by atoms with van der Waals surface area (Å²) >= 11 is 0. The second-order valence-electron chi connectivity index (χ2n) is 5.49. The third kappa shape index (κ3) is 4.08. The van der Waals surface area contributed by atoms with Crippen LogP contribution in [0, 0.1) is 5.92 Å². The highest BCUT2D eigenvalue weighted by atomic mass is 16.2. The van der Waals surface area contributed by atoms with E-state index in [0.717, 1.165) is 24.8 Å². The van der Waals surface area contributed by atoms with Gasteiger partial charge in [-0.15, -0.1) is 0 Å². The van der Waals surface area contributed by atoms with E-state index >= 15 is 0 Å². The van der Waals surface area contributed by atoms with E-state index in [9.17, 15) is 9.59 Å². The molecule has 0 aromatic heterocycles. The van der Waals surface area contributed by atoms with Gasteiger partial charge in [0.1, 0.15) is 0 Å². The number of hydrogen-bond donors (Lipinski definition) is 1. The number of likely N-dealkylation sites (tertiary alicyclic amines) is 1. The van der Waals surface area contributed by atoms with E-state index in [2.05, 4.69) is 12.2 Å². The summed E-state index contributed by atoms with van der Waals surface area (Å²) in [5.74, 6) is -0.371. The number of hydrogen-bond acceptors (Lipinski definition) is 2. The molecule has 0 bridgehead atoms. The minimum Gasteiger partial charge on any atom is -0.347 e. The third-order valence-corrected chi connectivity index (χ3v) is 3.68. The molecule has 0 spiro atoms. The molecule has 0 saturated carbocycles. The Morgan fingerprint density at radius 1 is 1.30 bits per heavy atom. The summed E-state index contributed by atoms with van der Waals surface area (Å²) in [4.78, 5) is 25.5. The van der Waals surface area contributed by atoms with Crippen LogP contribution in [0.4, 0.5) is 0 Å². The van der Waals surface area contributed by atoms with Crippen LogP contribution in [0.15, 0.2) is 30.3 Å². The molecule has 1 heterocycles. The van der Waals surface area contributed by atoms with Crippen molar-refractivity contribution in [3.63, 3.8) is 0 Å². The van der Waals surface area contributed by atoms with Crippen LogP contribution >= 0.6 is 0 Å². The fraction of sp³-hybridized carbons (Fsp3) is 0.500. The van der Waals surface area contributed by atoms with Crippen LogP contribution in [0.2, 0.25) is 0 Å². The van der Waals surface area contributed by atoms with Gasteiger partial charge in [0.25, 0.3) is 0 Å². The molecule has 1 aliphatic heterocycles. The van der Waals surface area contributed by atoms with Crippen molar-refractivity contribution in [3.05, 3.63) is 35.9 Å². The fourth-order valence-corrected chi connectivity index (χ4v) is 2.56. The molecular formula is C16H22N2O2. The quantitative estimate of drug-likeness (QED) is 0.851. The molecule has 1 aliphatic rings. The van der Waals surface area contributed by atoms with E-state index in [-0.39, 0.29) is 5.91 Å². The molecule has 4 heteroatoms. The number of nitrogens with one attached hydrogen (secondary N) is 1. The highest BCUT2D eigenvalue weighted by Crippen LogP contribution is 2.15. The number of carbonyl (C=O) groups excluding carboxylic acids is 2. The number of rotatable bonds is 3. The number of piperidine rings is 1. The predicted molar refractivity (Wildman–Crippen MR) is 78.1 cm³/mol. The van der Waals surface area contributed by atoms with E-state index in [1.165, 1.54) is 0 Å². The summed E-state index contributed by atoms with van der Waals surface area (Å²) < 4.78 is 0. The lowest BCUT2D eigenvalue weighted by atomic mass is 10.0. The lowest BCUT2D eigenvalue weighted by Crippen LogP contribution is -2.47. The minimum absolute atomic E-state index is 0.385. The Morgan fingerprint density at radius 2 is 2.05 bits per heavy atom. The van der Waals surface area contributed by atoms with Gasteiger partial charge in [-0.05, 0) is 30.7 Å². The normalized spacial score (nSPS) is 18.6. The topological polar surface area (TPSA) is 49.4 Å². The SMILES string of the molecule is CC1CCCN(C(=O)C(=O)NCCc2ccccc2)C1. The molecule has 2 rings (SSSR count). The maximum atomic E-state index is 12.0. The molecule has 1 aromatic rings. The lowest BCUT2D eigenvalue weighted by molar-refractivity contribution is -0.146. The van der Waals surface area contributed by atoms with Gasteiger partial charge in [-0.1, -0.05) is 37.3 Å². The first kappa shape index (κ1) is 14.6. The van der Waals surface area contributed by atoms with Crippen LogP contribution in [-0.2, 0) is 16.0 Å². The molecule has 0 aliphatic carbocycles. The average molecular weight is 274 g/mol. The first-order valence-electron chi connectivity index (χ1n) is 7.28. The summed E-state index contributed by atoms with van der Waals surface area (Å²) in [7, 11) is 0. The Labute approximate surface area is 120 Å². The Kier molecular flexibility index (Phi) is 5.16. The van der Waals surface area contributed by atoms with Crippen molar-refractivity contribution in [1.82, 2.24) is 10.2 Å². The maximum absolute atomic E-state index is 12.0. The zero-order valence-electron chi connectivity index (χ0n) is 12.0. The van der Waals surface area contributed by atoms with Gasteiger partial charge in [0, 0.05) is 19.6 Å². The van der Waals surface area contributed by atoms with Crippen LogP contribution in [-0.4, -0.2) is 36.3 Å². The highest BCUT2D eigenvalue weighted by molar-refractivity contribution is 6.35. The maximum Gasteiger partial charge on any atom is 0.311 e. The average Bonchev–Trinajstić information content (AvgIpc) is 2.47. The summed E-state index contributed by atoms with van der Waals surface area (Å²) in [5.41, 5.74) is 1.16. The summed E-state index contributed by atoms with van der Waals surface area (Å²) in [5, 5.41) is 2.71. The molecule has 1 atom stereocenters. The van der Waals surface area contributed by atoms with E-state index in [0.29, 0.717) is 25.6 Å². The van der Waals surface area contributed by atoms with Gasteiger partial charge in [0.15, 0.2) is 0 Å². The van der Waals surface area contributed by atoms with Crippen LogP contribution in [0.3, 0.4) is 0 Å². The van der Waals surface area contributed by atoms with Crippen LogP contribution in [0.1, 0.15) is 25.3 Å². The van der Waals surface area contributed by atoms with Gasteiger partial charge in [-0.2, -0.15) is 0 Å². The summed E-state index contributed by atoms with van der Waals surface area (Å²) in [6.07, 6.45) is 2.87. The number of nitrogens with zero attached hydrogens (tertiary/aromatic N) is 1. The van der Waals surface area contributed by atoms with Crippen molar-refractivity contribution >= 4 is 11.8 Å². The smallest absolute Gasteiger partial charge is 0.311 e. The molecule has 1 unspecified atom stereocenters. The molecule has 108 valence electrons. The van der Waals surface area contributed by atoms with Crippen molar-refractivity contribution < 1.29 is 9.59 Å². The number of carbonyl (C=O) groups is 2. The Bertz CT molecular complexity index is 459. The van der Waals surface area contributed by atoms with E-state index in [1.807, 2.05) is 30.3 Å². The largest absolute Gasteiger partial charge is 0.347 e. The van der Waals surface area contributed by atoms with Crippen molar-refractivity contribution in [3.8, 4) is 0 Å². The van der Waals surface area contributed by atoms with Crippen molar-refractivity contribution in [1.29, 1.82) is 0 Å². The number of benzene rings is 1. The van der Waals surface area contributed by atoms with Gasteiger partial charge in [-0.3, -0.25) is 9.59 Å². The molecule has 1 fully saturated rings. The molecule has 1 N–H and O–H groups in total. The van der Waals surface area contributed by atoms with Crippen molar-refractivity contribution in [2.24, 2.45) is 5.92 Å². The molecule has 2 amide bonds. The van der Waals surface area contributed by atoms with Crippen LogP contribution < -0.4 is 5.32 Å². The second kappa shape index (κ2) is 7.08. The third-order valence-electron chi connectivity index (χ3n) is 3.68. The van der Waals surface area contributed by atoms with E-state index in [4.69, 9.17) is 0 Å². The van der Waals surface area contributed by atoms with Crippen molar-refractivity contribution in [2.75, 3.05) is 19.6 Å². The molecule has 0 radical (unpaired) electrons. The molecule has 20 heavy (non-hydrogen) atoms. The standard InChI is InChI=1S/C16H22N2O2/c1-13-6-5-11-18(12-13)16(20)15(19)17-10-9-14-7-3-2-4-8-14/h2-4,7-8,13H,5-6,9-12H2,1H3,(H,17,19). The Morgan fingerprint density at radius 3 is 2.75 bits per heavy atom. The van der Waals surface area contributed by atoms with Crippen LogP contribution in [0.5, 0.6) is 0 Å². The molecular weight excluding hydrogens is 252 g/mol. The van der Waals surface area contributed by atoms with Crippen molar-refractivity contribution in [2.45, 2.75) is 26.2 Å². The van der Waals surface area contributed by atoms with Gasteiger partial charge in [0.2, 0.25) is 0 Å². The van der Waals surface area contributed by atoms with Crippen LogP contribution in [0.25, 0.3) is 0 Å². The molecule has 1 saturated heterocycles. The van der Waals surface area contributed by atoms with E-state index < -0.39 is 5.91 Å². The Hall–Kier alpha value is -1.84. The lowest BCUT2D eigenvalue weighted by Gasteiger charge is -2.30. The van der Waals surface area contributed by atoms with E-state index in [1.54, 1.807) is 4.90 Å². The highest BCUT2D eigenvalue weighted by Gasteiger charge is 2.25. The monoisotopic (exact) mass is 274 g/mol. The molecule has 1 aromatic carbocycles. The first-order chi connectivity index (χ1) is 9.66. The predicted octanol–water partition coefficient (Wildman–Crippen LogP) is 1.60. The van der Waals surface area contributed by atoms with Gasteiger partial charge in [0.05, 0.1) is 0 Å². The van der Waals surface area contributed by atoms with Gasteiger partial charge < -0.3 is 10.2 Å². The first-order valence-corrected chi connectivity index (χ1v) is 7.28. The zero-order chi connectivity index (χ0) is 14.4. The summed E-state index contributed by atoms with van der Waals surface area (Å²) in [6.45, 7) is 4.02.